The minimum Gasteiger partial charge on any atom is -0.462 e. The first kappa shape index (κ1) is 22.5. The third-order valence-corrected chi connectivity index (χ3v) is 2.70. The van der Waals surface area contributed by atoms with Gasteiger partial charge >= 0.3 is 18.1 Å². The Hall–Kier alpha value is -1.47. The number of aryl methyl sites for hydroxylation is 1. The quantitative estimate of drug-likeness (QED) is 0.241. The second kappa shape index (κ2) is 10.4. The van der Waals surface area contributed by atoms with Crippen molar-refractivity contribution in [2.24, 2.45) is 5.92 Å². The van der Waals surface area contributed by atoms with Crippen molar-refractivity contribution in [3.8, 4) is 11.5 Å². The molecule has 1 aromatic rings. The second-order valence-electron chi connectivity index (χ2n) is 5.00. The van der Waals surface area contributed by atoms with E-state index in [1.165, 1.54) is 26.2 Å². The first-order chi connectivity index (χ1) is 10.7. The molecule has 0 saturated carbocycles. The van der Waals surface area contributed by atoms with Crippen LogP contribution < -0.4 is 9.47 Å². The number of benzene rings is 1. The van der Waals surface area contributed by atoms with E-state index < -0.39 is 24.0 Å². The van der Waals surface area contributed by atoms with Gasteiger partial charge < -0.3 is 18.9 Å². The summed E-state index contributed by atoms with van der Waals surface area (Å²) in [6.45, 7) is 6.39. The molecule has 1 aromatic carbocycles. The number of methoxy groups -OCH3 is 1. The number of ether oxygens (including phenoxy) is 4. The zero-order valence-electron chi connectivity index (χ0n) is 14.2. The van der Waals surface area contributed by atoms with Crippen molar-refractivity contribution in [3.05, 3.63) is 23.8 Å². The molecule has 1 atom stereocenters. The van der Waals surface area contributed by atoms with E-state index in [1.807, 2.05) is 0 Å². The van der Waals surface area contributed by atoms with Crippen LogP contribution in [0.25, 0.3) is 0 Å². The summed E-state index contributed by atoms with van der Waals surface area (Å²) in [4.78, 5) is 34.6. The van der Waals surface area contributed by atoms with Crippen molar-refractivity contribution < 1.29 is 66.0 Å². The van der Waals surface area contributed by atoms with Gasteiger partial charge in [0.15, 0.2) is 5.92 Å². The van der Waals surface area contributed by atoms with Gasteiger partial charge in [-0.15, -0.1) is 23.8 Å². The fraction of sp³-hybridized carbons (Fsp3) is 0.438. The molecule has 0 aliphatic rings. The predicted molar refractivity (Wildman–Crippen MR) is 79.1 cm³/mol. The molecule has 1 radical (unpaired) electrons. The molecule has 0 aliphatic heterocycles. The summed E-state index contributed by atoms with van der Waals surface area (Å²) in [5.74, 6) is -2.14. The number of carbonyl (C=O) groups is 3. The maximum absolute atomic E-state index is 11.9. The molecule has 24 heavy (non-hydrogen) atoms. The van der Waals surface area contributed by atoms with E-state index in [4.69, 9.17) is 14.2 Å². The maximum Gasteiger partial charge on any atom is 0.501 e. The zero-order valence-corrected chi connectivity index (χ0v) is 17.1. The Morgan fingerprint density at radius 2 is 1.67 bits per heavy atom. The van der Waals surface area contributed by atoms with Crippen LogP contribution in [0.15, 0.2) is 12.1 Å². The van der Waals surface area contributed by atoms with Crippen LogP contribution in [-0.4, -0.2) is 31.3 Å². The summed E-state index contributed by atoms with van der Waals surface area (Å²) in [6.07, 6.45) is -1.18. The van der Waals surface area contributed by atoms with Crippen LogP contribution in [0.3, 0.4) is 0 Å². The average molecular weight is 412 g/mol. The van der Waals surface area contributed by atoms with Gasteiger partial charge in [-0.1, -0.05) is 6.92 Å². The fourth-order valence-corrected chi connectivity index (χ4v) is 1.49. The van der Waals surface area contributed by atoms with Crippen LogP contribution >= 0.6 is 0 Å². The fourth-order valence-electron chi connectivity index (χ4n) is 1.49. The van der Waals surface area contributed by atoms with Gasteiger partial charge in [0.1, 0.15) is 0 Å². The summed E-state index contributed by atoms with van der Waals surface area (Å²) >= 11 is 0. The maximum atomic E-state index is 11.9. The van der Waals surface area contributed by atoms with E-state index in [1.54, 1.807) is 20.8 Å². The Bertz CT molecular complexity index is 598. The minimum absolute atomic E-state index is 0. The van der Waals surface area contributed by atoms with Crippen molar-refractivity contribution in [3.63, 3.8) is 0 Å². The number of carbonyl (C=O) groups excluding carboxylic acids is 3. The Labute approximate surface area is 165 Å². The molecule has 7 nitrogen and oxygen atoms in total. The average Bonchev–Trinajstić information content (AvgIpc) is 2.48. The third kappa shape index (κ3) is 6.97. The first-order valence-corrected chi connectivity index (χ1v) is 6.95. The molecule has 8 heteroatoms. The zero-order chi connectivity index (χ0) is 17.6. The molecule has 0 fully saturated rings. The van der Waals surface area contributed by atoms with Gasteiger partial charge in [0.2, 0.25) is 0 Å². The normalized spacial score (nSPS) is 11.1. The summed E-state index contributed by atoms with van der Waals surface area (Å²) in [5, 5.41) is 0. The molecule has 0 saturated heterocycles. The van der Waals surface area contributed by atoms with Crippen molar-refractivity contribution >= 4 is 18.1 Å². The second-order valence-corrected chi connectivity index (χ2v) is 5.00. The van der Waals surface area contributed by atoms with Crippen LogP contribution in [0.1, 0.15) is 26.3 Å². The van der Waals surface area contributed by atoms with E-state index in [0.717, 1.165) is 0 Å². The van der Waals surface area contributed by atoms with Crippen molar-refractivity contribution in [2.75, 3.05) is 7.11 Å². The number of rotatable bonds is 5. The first-order valence-electron chi connectivity index (χ1n) is 6.95. The van der Waals surface area contributed by atoms with Gasteiger partial charge in [-0.2, -0.15) is 0 Å². The third-order valence-electron chi connectivity index (χ3n) is 2.70. The smallest absolute Gasteiger partial charge is 0.462 e. The number of hydrogen-bond acceptors (Lipinski definition) is 7. The predicted octanol–water partition coefficient (Wildman–Crippen LogP) is 2.43. The topological polar surface area (TPSA) is 88.1 Å². The monoisotopic (exact) mass is 412 g/mol. The molecule has 0 amide bonds. The molecular weight excluding hydrogens is 393 g/mol. The largest absolute Gasteiger partial charge is 0.501 e. The summed E-state index contributed by atoms with van der Waals surface area (Å²) in [7, 11) is 1.19. The van der Waals surface area contributed by atoms with E-state index in [0.29, 0.717) is 5.56 Å². The van der Waals surface area contributed by atoms with Crippen molar-refractivity contribution in [1.29, 1.82) is 0 Å². The van der Waals surface area contributed by atoms with Gasteiger partial charge in [-0.25, -0.2) is 4.79 Å². The van der Waals surface area contributed by atoms with Crippen LogP contribution in [-0.2, 0) is 51.8 Å². The molecule has 1 rings (SSSR count). The van der Waals surface area contributed by atoms with Gasteiger partial charge in [-0.3, -0.25) is 9.59 Å². The summed E-state index contributed by atoms with van der Waals surface area (Å²) in [5.41, 5.74) is 0.443. The molecular formula is C16H19O7Y-. The van der Waals surface area contributed by atoms with E-state index >= 15 is 0 Å². The van der Waals surface area contributed by atoms with Crippen molar-refractivity contribution in [2.45, 2.75) is 33.8 Å². The van der Waals surface area contributed by atoms with Crippen LogP contribution in [0, 0.1) is 18.9 Å². The SMILES string of the molecule is COC(=O)Oc1ccc(OC(=O)C(C)C(=O)OC(C)C)[c-]c1C.[Y]. The van der Waals surface area contributed by atoms with Crippen molar-refractivity contribution in [1.82, 2.24) is 0 Å². The molecule has 0 spiro atoms. The molecule has 0 aromatic heterocycles. The molecule has 0 aliphatic carbocycles. The molecule has 0 heterocycles. The standard InChI is InChI=1S/C16H19O7.Y/c1-9(2)21-14(17)11(4)15(18)22-12-6-7-13(10(3)8-12)23-16(19)20-5;/h6-7,9,11H,1-5H3;/q-1;. The van der Waals surface area contributed by atoms with Gasteiger partial charge in [0.05, 0.1) is 13.2 Å². The Morgan fingerprint density at radius 3 is 2.17 bits per heavy atom. The van der Waals surface area contributed by atoms with E-state index in [-0.39, 0.29) is 50.3 Å². The van der Waals surface area contributed by atoms with Crippen LogP contribution in [0.2, 0.25) is 0 Å². The van der Waals surface area contributed by atoms with Gasteiger partial charge in [0.25, 0.3) is 0 Å². The van der Waals surface area contributed by atoms with E-state index in [9.17, 15) is 14.4 Å². The Balaban J connectivity index is 0.00000529. The Kier molecular flexibility index (Phi) is 9.77. The number of esters is 2. The minimum atomic E-state index is -1.06. The van der Waals surface area contributed by atoms with Gasteiger partial charge in [-0.05, 0) is 20.8 Å². The van der Waals surface area contributed by atoms with Crippen LogP contribution in [0.5, 0.6) is 11.5 Å². The molecule has 1 unspecified atom stereocenters. The number of hydrogen-bond donors (Lipinski definition) is 0. The summed E-state index contributed by atoms with van der Waals surface area (Å²) < 4.78 is 19.3. The Morgan fingerprint density at radius 1 is 1.04 bits per heavy atom. The van der Waals surface area contributed by atoms with Crippen LogP contribution in [0.4, 0.5) is 4.79 Å². The van der Waals surface area contributed by atoms with E-state index in [2.05, 4.69) is 10.8 Å². The summed E-state index contributed by atoms with van der Waals surface area (Å²) in [6, 6.07) is 5.57. The molecule has 0 bridgehead atoms. The van der Waals surface area contributed by atoms with Gasteiger partial charge in [0, 0.05) is 44.2 Å². The molecule has 129 valence electrons. The molecule has 0 N–H and O–H groups in total.